The Kier molecular flexibility index (Phi) is 6.75. The van der Waals surface area contributed by atoms with E-state index in [1.807, 2.05) is 17.0 Å². The van der Waals surface area contributed by atoms with Gasteiger partial charge >= 0.3 is 0 Å². The number of hydrogen-bond donors (Lipinski definition) is 1. The van der Waals surface area contributed by atoms with E-state index in [9.17, 15) is 9.18 Å². The van der Waals surface area contributed by atoms with Crippen LogP contribution in [0, 0.1) is 5.82 Å². The highest BCUT2D eigenvalue weighted by atomic mass is 19.1. The van der Waals surface area contributed by atoms with Crippen molar-refractivity contribution < 1.29 is 9.18 Å². The van der Waals surface area contributed by atoms with Gasteiger partial charge in [-0.15, -0.1) is 0 Å². The molecule has 1 saturated heterocycles. The van der Waals surface area contributed by atoms with Gasteiger partial charge in [0.2, 0.25) is 5.91 Å². The molecule has 0 saturated carbocycles. The van der Waals surface area contributed by atoms with E-state index >= 15 is 0 Å². The van der Waals surface area contributed by atoms with Crippen LogP contribution >= 0.6 is 0 Å². The van der Waals surface area contributed by atoms with Crippen LogP contribution in [-0.2, 0) is 17.8 Å². The first-order valence-corrected chi connectivity index (χ1v) is 9.20. The number of amides is 1. The lowest BCUT2D eigenvalue weighted by Crippen LogP contribution is -2.50. The van der Waals surface area contributed by atoms with E-state index in [0.717, 1.165) is 32.7 Å². The van der Waals surface area contributed by atoms with Crippen molar-refractivity contribution in [1.29, 1.82) is 0 Å². The Labute approximate surface area is 154 Å². The summed E-state index contributed by atoms with van der Waals surface area (Å²) >= 11 is 0. The Hall–Kier alpha value is -2.24. The van der Waals surface area contributed by atoms with Gasteiger partial charge in [0.05, 0.1) is 6.54 Å². The predicted octanol–water partition coefficient (Wildman–Crippen LogP) is 2.30. The SMILES string of the molecule is O=C(CNCCc1ccccc1F)N1CCN(Cc2ccccc2)CC1. The van der Waals surface area contributed by atoms with Crippen molar-refractivity contribution in [3.63, 3.8) is 0 Å². The molecule has 1 heterocycles. The van der Waals surface area contributed by atoms with Crippen molar-refractivity contribution in [3.05, 3.63) is 71.5 Å². The molecule has 1 amide bonds. The van der Waals surface area contributed by atoms with Crippen molar-refractivity contribution in [2.45, 2.75) is 13.0 Å². The molecule has 1 aliphatic rings. The largest absolute Gasteiger partial charge is 0.339 e. The quantitative estimate of drug-likeness (QED) is 0.774. The highest BCUT2D eigenvalue weighted by Crippen LogP contribution is 2.09. The number of nitrogens with zero attached hydrogens (tertiary/aromatic N) is 2. The number of rotatable bonds is 7. The van der Waals surface area contributed by atoms with Crippen LogP contribution in [-0.4, -0.2) is 55.0 Å². The van der Waals surface area contributed by atoms with Gasteiger partial charge in [0.25, 0.3) is 0 Å². The molecular formula is C21H26FN3O. The summed E-state index contributed by atoms with van der Waals surface area (Å²) in [6.07, 6.45) is 0.588. The highest BCUT2D eigenvalue weighted by Gasteiger charge is 2.20. The fraction of sp³-hybridized carbons (Fsp3) is 0.381. The Morgan fingerprint density at radius 2 is 1.65 bits per heavy atom. The number of halogens is 1. The third-order valence-electron chi connectivity index (χ3n) is 4.78. The minimum Gasteiger partial charge on any atom is -0.339 e. The molecule has 5 heteroatoms. The van der Waals surface area contributed by atoms with Crippen molar-refractivity contribution in [1.82, 2.24) is 15.1 Å². The van der Waals surface area contributed by atoms with Gasteiger partial charge in [0.15, 0.2) is 0 Å². The average molecular weight is 355 g/mol. The molecule has 0 bridgehead atoms. The molecule has 1 aliphatic heterocycles. The summed E-state index contributed by atoms with van der Waals surface area (Å²) in [7, 11) is 0. The molecule has 0 atom stereocenters. The van der Waals surface area contributed by atoms with Crippen LogP contribution in [0.3, 0.4) is 0 Å². The van der Waals surface area contributed by atoms with Gasteiger partial charge in [-0.25, -0.2) is 4.39 Å². The molecule has 1 N–H and O–H groups in total. The second-order valence-corrected chi connectivity index (χ2v) is 6.66. The Balaban J connectivity index is 1.34. The number of hydrogen-bond acceptors (Lipinski definition) is 3. The lowest BCUT2D eigenvalue weighted by atomic mass is 10.1. The second kappa shape index (κ2) is 9.46. The molecule has 2 aromatic carbocycles. The molecule has 0 radical (unpaired) electrons. The summed E-state index contributed by atoms with van der Waals surface area (Å²) in [5.74, 6) is -0.0620. The first kappa shape index (κ1) is 18.5. The zero-order valence-corrected chi connectivity index (χ0v) is 15.0. The maximum Gasteiger partial charge on any atom is 0.236 e. The van der Waals surface area contributed by atoms with E-state index in [4.69, 9.17) is 0 Å². The van der Waals surface area contributed by atoms with E-state index in [-0.39, 0.29) is 11.7 Å². The Morgan fingerprint density at radius 3 is 2.38 bits per heavy atom. The molecule has 2 aromatic rings. The summed E-state index contributed by atoms with van der Waals surface area (Å²) in [6, 6.07) is 17.2. The van der Waals surface area contributed by atoms with Crippen molar-refractivity contribution in [2.75, 3.05) is 39.3 Å². The summed E-state index contributed by atoms with van der Waals surface area (Å²) in [4.78, 5) is 16.6. The molecule has 1 fully saturated rings. The van der Waals surface area contributed by atoms with E-state index in [2.05, 4.69) is 34.5 Å². The first-order valence-electron chi connectivity index (χ1n) is 9.20. The predicted molar refractivity (Wildman–Crippen MR) is 101 cm³/mol. The van der Waals surface area contributed by atoms with Crippen LogP contribution in [0.5, 0.6) is 0 Å². The molecule has 26 heavy (non-hydrogen) atoms. The number of carbonyl (C=O) groups excluding carboxylic acids is 1. The number of benzene rings is 2. The molecule has 0 aromatic heterocycles. The smallest absolute Gasteiger partial charge is 0.236 e. The lowest BCUT2D eigenvalue weighted by Gasteiger charge is -2.34. The van der Waals surface area contributed by atoms with Gasteiger partial charge in [-0.3, -0.25) is 9.69 Å². The zero-order valence-electron chi connectivity index (χ0n) is 15.0. The van der Waals surface area contributed by atoms with E-state index < -0.39 is 0 Å². The van der Waals surface area contributed by atoms with Gasteiger partial charge in [-0.05, 0) is 30.2 Å². The van der Waals surface area contributed by atoms with Crippen LogP contribution in [0.15, 0.2) is 54.6 Å². The third-order valence-corrected chi connectivity index (χ3v) is 4.78. The summed E-state index contributed by atoms with van der Waals surface area (Å²) in [5.41, 5.74) is 1.99. The van der Waals surface area contributed by atoms with Crippen LogP contribution < -0.4 is 5.32 Å². The molecule has 0 aliphatic carbocycles. The van der Waals surface area contributed by atoms with Crippen LogP contribution in [0.25, 0.3) is 0 Å². The third kappa shape index (κ3) is 5.38. The molecule has 3 rings (SSSR count). The number of piperazine rings is 1. The van der Waals surface area contributed by atoms with Gasteiger partial charge in [0, 0.05) is 32.7 Å². The lowest BCUT2D eigenvalue weighted by molar-refractivity contribution is -0.132. The van der Waals surface area contributed by atoms with E-state index in [1.165, 1.54) is 11.6 Å². The normalized spacial score (nSPS) is 15.2. The first-order chi connectivity index (χ1) is 12.7. The summed E-state index contributed by atoms with van der Waals surface area (Å²) in [6.45, 7) is 5.17. The average Bonchev–Trinajstić information content (AvgIpc) is 2.68. The van der Waals surface area contributed by atoms with Crippen LogP contribution in [0.1, 0.15) is 11.1 Å². The summed E-state index contributed by atoms with van der Waals surface area (Å²) < 4.78 is 13.6. The minimum absolute atomic E-state index is 0.123. The fourth-order valence-electron chi connectivity index (χ4n) is 3.23. The van der Waals surface area contributed by atoms with Crippen LogP contribution in [0.2, 0.25) is 0 Å². The number of nitrogens with one attached hydrogen (secondary N) is 1. The highest BCUT2D eigenvalue weighted by molar-refractivity contribution is 5.78. The van der Waals surface area contributed by atoms with Crippen molar-refractivity contribution in [3.8, 4) is 0 Å². The van der Waals surface area contributed by atoms with E-state index in [1.54, 1.807) is 12.1 Å². The topological polar surface area (TPSA) is 35.6 Å². The minimum atomic E-state index is -0.185. The monoisotopic (exact) mass is 355 g/mol. The number of carbonyl (C=O) groups is 1. The van der Waals surface area contributed by atoms with Crippen molar-refractivity contribution >= 4 is 5.91 Å². The van der Waals surface area contributed by atoms with E-state index in [0.29, 0.717) is 25.1 Å². The van der Waals surface area contributed by atoms with Gasteiger partial charge < -0.3 is 10.2 Å². The van der Waals surface area contributed by atoms with Gasteiger partial charge in [0.1, 0.15) is 5.82 Å². The Bertz CT molecular complexity index is 699. The molecular weight excluding hydrogens is 329 g/mol. The van der Waals surface area contributed by atoms with Gasteiger partial charge in [-0.1, -0.05) is 48.5 Å². The second-order valence-electron chi connectivity index (χ2n) is 6.66. The molecule has 0 unspecified atom stereocenters. The molecule has 0 spiro atoms. The maximum atomic E-state index is 13.6. The molecule has 138 valence electrons. The molecule has 4 nitrogen and oxygen atoms in total. The maximum absolute atomic E-state index is 13.6. The standard InChI is InChI=1S/C21H26FN3O/c22-20-9-5-4-8-19(20)10-11-23-16-21(26)25-14-12-24(13-15-25)17-18-6-2-1-3-7-18/h1-9,23H,10-17H2. The van der Waals surface area contributed by atoms with Gasteiger partial charge in [-0.2, -0.15) is 0 Å². The van der Waals surface area contributed by atoms with Crippen molar-refractivity contribution in [2.24, 2.45) is 0 Å². The Morgan fingerprint density at radius 1 is 0.962 bits per heavy atom. The zero-order chi connectivity index (χ0) is 18.2. The summed E-state index contributed by atoms with van der Waals surface area (Å²) in [5, 5.41) is 3.14. The van der Waals surface area contributed by atoms with Crippen LogP contribution in [0.4, 0.5) is 4.39 Å². The fourth-order valence-corrected chi connectivity index (χ4v) is 3.23.